The Labute approximate surface area is 183 Å². The summed E-state index contributed by atoms with van der Waals surface area (Å²) in [6.07, 6.45) is 1.16. The van der Waals surface area contributed by atoms with E-state index in [1.54, 1.807) is 12.3 Å². The van der Waals surface area contributed by atoms with Gasteiger partial charge in [-0.05, 0) is 40.7 Å². The minimum absolute atomic E-state index is 0.0827. The zero-order chi connectivity index (χ0) is 23.0. The summed E-state index contributed by atoms with van der Waals surface area (Å²) in [5, 5.41) is 2.90. The van der Waals surface area contributed by atoms with E-state index in [-0.39, 0.29) is 18.8 Å². The summed E-state index contributed by atoms with van der Waals surface area (Å²) < 4.78 is 35.1. The van der Waals surface area contributed by atoms with Crippen LogP contribution in [0.1, 0.15) is 41.5 Å². The molecule has 0 unspecified atom stereocenters. The normalized spacial score (nSPS) is 40.9. The van der Waals surface area contributed by atoms with Crippen molar-refractivity contribution in [2.75, 3.05) is 6.61 Å². The summed E-state index contributed by atoms with van der Waals surface area (Å²) >= 11 is 0. The van der Waals surface area contributed by atoms with Gasteiger partial charge in [-0.3, -0.25) is 4.79 Å². The molecule has 3 aliphatic heterocycles. The molecule has 0 aromatic carbocycles. The summed E-state index contributed by atoms with van der Waals surface area (Å²) in [6.45, 7) is 14.2. The average Bonchev–Trinajstić information content (AvgIpc) is 2.98. The number of rotatable bonds is 5. The smallest absolute Gasteiger partial charge is 0.408 e. The Morgan fingerprint density at radius 3 is 2.45 bits per heavy atom. The molecule has 0 aliphatic carbocycles. The summed E-state index contributed by atoms with van der Waals surface area (Å²) in [7, 11) is 0. The molecule has 0 bridgehead atoms. The fraction of sp³-hybridized carbons (Fsp3) is 0.727. The van der Waals surface area contributed by atoms with Crippen molar-refractivity contribution in [3.05, 3.63) is 25.0 Å². The maximum absolute atomic E-state index is 12.4. The van der Waals surface area contributed by atoms with Crippen LogP contribution in [0.4, 0.5) is 4.79 Å². The molecule has 2 fully saturated rings. The molecule has 0 aromatic rings. The number of amides is 1. The van der Waals surface area contributed by atoms with Crippen LogP contribution in [-0.4, -0.2) is 66.6 Å². The van der Waals surface area contributed by atoms with E-state index in [0.29, 0.717) is 0 Å². The van der Waals surface area contributed by atoms with Crippen molar-refractivity contribution in [1.82, 2.24) is 5.32 Å². The number of carbonyl (C=O) groups excluding carboxylic acids is 2. The van der Waals surface area contributed by atoms with Crippen LogP contribution in [0.3, 0.4) is 0 Å². The van der Waals surface area contributed by atoms with Gasteiger partial charge in [-0.2, -0.15) is 0 Å². The van der Waals surface area contributed by atoms with E-state index >= 15 is 0 Å². The number of hydrogen-bond acceptors (Lipinski definition) is 8. The van der Waals surface area contributed by atoms with Crippen LogP contribution >= 0.6 is 0 Å². The number of esters is 1. The fourth-order valence-corrected chi connectivity index (χ4v) is 4.75. The van der Waals surface area contributed by atoms with Gasteiger partial charge in [-0.25, -0.2) is 4.79 Å². The Morgan fingerprint density at radius 2 is 1.81 bits per heavy atom. The number of hydrogen-bond donors (Lipinski definition) is 1. The van der Waals surface area contributed by atoms with Gasteiger partial charge in [-0.1, -0.05) is 12.7 Å². The van der Waals surface area contributed by atoms with Crippen LogP contribution < -0.4 is 5.32 Å². The molecule has 8 atom stereocenters. The van der Waals surface area contributed by atoms with Gasteiger partial charge in [-0.15, -0.1) is 0 Å². The van der Waals surface area contributed by atoms with Crippen molar-refractivity contribution >= 4 is 12.1 Å². The summed E-state index contributed by atoms with van der Waals surface area (Å²) in [5.41, 5.74) is -0.902. The van der Waals surface area contributed by atoms with Crippen molar-refractivity contribution < 1.29 is 38.0 Å². The number of nitrogens with one attached hydrogen (secondary N) is 1. The Balaban J connectivity index is 1.95. The molecule has 0 saturated carbocycles. The third-order valence-corrected chi connectivity index (χ3v) is 5.91. The highest BCUT2D eigenvalue weighted by Crippen LogP contribution is 2.44. The molecule has 9 heteroatoms. The van der Waals surface area contributed by atoms with Gasteiger partial charge in [0.1, 0.15) is 31.0 Å². The molecule has 2 saturated heterocycles. The van der Waals surface area contributed by atoms with Gasteiger partial charge < -0.3 is 33.7 Å². The first-order valence-corrected chi connectivity index (χ1v) is 10.5. The molecule has 174 valence electrons. The highest BCUT2D eigenvalue weighted by atomic mass is 16.8. The highest BCUT2D eigenvalue weighted by molar-refractivity contribution is 5.69. The van der Waals surface area contributed by atoms with Crippen LogP contribution in [0.5, 0.6) is 0 Å². The molecule has 3 heterocycles. The Hall–Kier alpha value is -2.10. The second-order valence-electron chi connectivity index (χ2n) is 8.91. The molecule has 31 heavy (non-hydrogen) atoms. The second-order valence-corrected chi connectivity index (χ2v) is 8.91. The Bertz CT molecular complexity index is 737. The lowest BCUT2D eigenvalue weighted by Gasteiger charge is -2.50. The Kier molecular flexibility index (Phi) is 6.69. The lowest BCUT2D eigenvalue weighted by atomic mass is 9.73. The molecule has 1 N–H and O–H groups in total. The van der Waals surface area contributed by atoms with Gasteiger partial charge in [0.15, 0.2) is 11.9 Å². The van der Waals surface area contributed by atoms with Crippen LogP contribution in [0.2, 0.25) is 0 Å². The van der Waals surface area contributed by atoms with Crippen molar-refractivity contribution in [2.24, 2.45) is 5.92 Å². The summed E-state index contributed by atoms with van der Waals surface area (Å²) in [6, 6.07) is 0. The zero-order valence-electron chi connectivity index (χ0n) is 19.0. The lowest BCUT2D eigenvalue weighted by Crippen LogP contribution is -2.67. The molecule has 3 aliphatic rings. The van der Waals surface area contributed by atoms with E-state index in [1.165, 1.54) is 13.0 Å². The van der Waals surface area contributed by atoms with Gasteiger partial charge in [0.25, 0.3) is 0 Å². The van der Waals surface area contributed by atoms with Gasteiger partial charge in [0, 0.05) is 6.92 Å². The van der Waals surface area contributed by atoms with E-state index in [2.05, 4.69) is 11.9 Å². The molecule has 0 radical (unpaired) electrons. The SMILES string of the molecule is C=CCOC(=O)N[C@]1(C)C=CO[C@@H](C)[C@@H]1[C@H]1O[C@@H](C)[C@H]2OC(C)(C)O[C@H]2[C@@H]1OC(C)=O. The number of alkyl carbamates (subject to hydrolysis) is 1. The van der Waals surface area contributed by atoms with E-state index in [9.17, 15) is 9.59 Å². The topological polar surface area (TPSA) is 102 Å². The third kappa shape index (κ3) is 4.88. The monoisotopic (exact) mass is 439 g/mol. The standard InChI is InChI=1S/C22H33NO8/c1-8-10-27-20(25)23-22(7)9-11-26-12(2)15(22)17-18(29-14(4)24)19-16(13(3)28-17)30-21(5,6)31-19/h8-9,11-13,15-19H,1,10H2,2-7H3,(H,23,25)/t12-,13-,15+,16+,17+,18+,19+,22+/m0/s1. The number of carbonyl (C=O) groups is 2. The average molecular weight is 440 g/mol. The van der Waals surface area contributed by atoms with Crippen molar-refractivity contribution in [3.8, 4) is 0 Å². The van der Waals surface area contributed by atoms with Crippen LogP contribution in [0, 0.1) is 5.92 Å². The van der Waals surface area contributed by atoms with Gasteiger partial charge >= 0.3 is 12.1 Å². The van der Waals surface area contributed by atoms with Gasteiger partial charge in [0.05, 0.1) is 23.8 Å². The first kappa shape index (κ1) is 23.6. The summed E-state index contributed by atoms with van der Waals surface area (Å²) in [4.78, 5) is 24.4. The predicted molar refractivity (Wildman–Crippen MR) is 110 cm³/mol. The second kappa shape index (κ2) is 8.80. The van der Waals surface area contributed by atoms with Crippen molar-refractivity contribution in [1.29, 1.82) is 0 Å². The highest BCUT2D eigenvalue weighted by Gasteiger charge is 2.60. The van der Waals surface area contributed by atoms with E-state index in [4.69, 9.17) is 28.4 Å². The fourth-order valence-electron chi connectivity index (χ4n) is 4.75. The third-order valence-electron chi connectivity index (χ3n) is 5.91. The van der Waals surface area contributed by atoms with E-state index in [0.717, 1.165) is 0 Å². The van der Waals surface area contributed by atoms with Crippen molar-refractivity contribution in [2.45, 2.75) is 89.5 Å². The minimum atomic E-state index is -0.902. The predicted octanol–water partition coefficient (Wildman–Crippen LogP) is 2.45. The lowest BCUT2D eigenvalue weighted by molar-refractivity contribution is -0.228. The Morgan fingerprint density at radius 1 is 1.13 bits per heavy atom. The van der Waals surface area contributed by atoms with Gasteiger partial charge in [0.2, 0.25) is 0 Å². The molecular formula is C22H33NO8. The van der Waals surface area contributed by atoms with Crippen LogP contribution in [0.25, 0.3) is 0 Å². The molecular weight excluding hydrogens is 406 g/mol. The minimum Gasteiger partial charge on any atom is -0.498 e. The maximum atomic E-state index is 12.4. The molecule has 0 aromatic heterocycles. The zero-order valence-corrected chi connectivity index (χ0v) is 19.0. The molecule has 9 nitrogen and oxygen atoms in total. The van der Waals surface area contributed by atoms with E-state index in [1.807, 2.05) is 34.6 Å². The molecule has 1 amide bonds. The largest absolute Gasteiger partial charge is 0.498 e. The quantitative estimate of drug-likeness (QED) is 0.515. The number of fused-ring (bicyclic) bond motifs is 1. The molecule has 3 rings (SSSR count). The van der Waals surface area contributed by atoms with E-state index < -0.39 is 53.7 Å². The van der Waals surface area contributed by atoms with Crippen molar-refractivity contribution in [3.63, 3.8) is 0 Å². The maximum Gasteiger partial charge on any atom is 0.408 e. The van der Waals surface area contributed by atoms with Crippen LogP contribution in [0.15, 0.2) is 25.0 Å². The molecule has 0 spiro atoms. The summed E-state index contributed by atoms with van der Waals surface area (Å²) in [5.74, 6) is -1.72. The number of ether oxygens (including phenoxy) is 6. The first-order valence-electron chi connectivity index (χ1n) is 10.5. The first-order chi connectivity index (χ1) is 14.5. The van der Waals surface area contributed by atoms with Crippen LogP contribution in [-0.2, 0) is 33.2 Å².